The molecule has 0 aliphatic rings. The van der Waals surface area contributed by atoms with Crippen molar-refractivity contribution >= 4 is 32.5 Å². The van der Waals surface area contributed by atoms with Crippen molar-refractivity contribution in [3.63, 3.8) is 0 Å². The van der Waals surface area contributed by atoms with Crippen molar-refractivity contribution in [2.75, 3.05) is 5.73 Å². The highest BCUT2D eigenvalue weighted by Gasteiger charge is 2.07. The summed E-state index contributed by atoms with van der Waals surface area (Å²) in [5.41, 5.74) is 10.6. The third-order valence-corrected chi connectivity index (χ3v) is 3.95. The van der Waals surface area contributed by atoms with Gasteiger partial charge in [0.05, 0.1) is 0 Å². The van der Waals surface area contributed by atoms with Crippen LogP contribution in [-0.4, -0.2) is 4.57 Å². The number of hydrogen-bond acceptors (Lipinski definition) is 1. The van der Waals surface area contributed by atoms with Gasteiger partial charge in [-0.05, 0) is 42.1 Å². The predicted octanol–water partition coefficient (Wildman–Crippen LogP) is 4.34. The topological polar surface area (TPSA) is 30.9 Å². The minimum Gasteiger partial charge on any atom is -0.398 e. The van der Waals surface area contributed by atoms with Crippen LogP contribution in [0, 0.1) is 6.92 Å². The second-order valence-corrected chi connectivity index (χ2v) is 5.69. The normalized spacial score (nSPS) is 11.1. The fourth-order valence-electron chi connectivity index (χ4n) is 2.44. The molecule has 0 radical (unpaired) electrons. The van der Waals surface area contributed by atoms with E-state index in [1.54, 1.807) is 0 Å². The molecule has 0 aliphatic carbocycles. The van der Waals surface area contributed by atoms with Crippen LogP contribution in [0.2, 0.25) is 0 Å². The van der Waals surface area contributed by atoms with Gasteiger partial charge in [0.1, 0.15) is 0 Å². The molecule has 0 spiro atoms. The zero-order chi connectivity index (χ0) is 13.4. The molecule has 0 fully saturated rings. The molecule has 19 heavy (non-hydrogen) atoms. The third kappa shape index (κ3) is 2.26. The van der Waals surface area contributed by atoms with Gasteiger partial charge in [0.2, 0.25) is 0 Å². The van der Waals surface area contributed by atoms with Crippen LogP contribution in [-0.2, 0) is 6.54 Å². The van der Waals surface area contributed by atoms with Crippen molar-refractivity contribution < 1.29 is 0 Å². The van der Waals surface area contributed by atoms with Gasteiger partial charge in [-0.1, -0.05) is 40.2 Å². The SMILES string of the molecule is Cc1cc2ccccc2n1Cc1ccc(Br)cc1N. The largest absolute Gasteiger partial charge is 0.398 e. The molecule has 0 saturated heterocycles. The number of fused-ring (bicyclic) bond motifs is 1. The van der Waals surface area contributed by atoms with Crippen LogP contribution in [0.4, 0.5) is 5.69 Å². The lowest BCUT2D eigenvalue weighted by molar-refractivity contribution is 0.807. The van der Waals surface area contributed by atoms with E-state index in [4.69, 9.17) is 5.73 Å². The summed E-state index contributed by atoms with van der Waals surface area (Å²) in [5.74, 6) is 0. The molecule has 0 saturated carbocycles. The number of aryl methyl sites for hydroxylation is 1. The van der Waals surface area contributed by atoms with E-state index in [0.717, 1.165) is 22.3 Å². The Hall–Kier alpha value is -1.74. The van der Waals surface area contributed by atoms with E-state index in [-0.39, 0.29) is 0 Å². The third-order valence-electron chi connectivity index (χ3n) is 3.45. The van der Waals surface area contributed by atoms with E-state index in [9.17, 15) is 0 Å². The molecule has 0 atom stereocenters. The minimum absolute atomic E-state index is 0.804. The van der Waals surface area contributed by atoms with Crippen molar-refractivity contribution in [1.29, 1.82) is 0 Å². The summed E-state index contributed by atoms with van der Waals surface area (Å²) in [5, 5.41) is 1.27. The van der Waals surface area contributed by atoms with E-state index in [1.807, 2.05) is 12.1 Å². The van der Waals surface area contributed by atoms with Crippen LogP contribution < -0.4 is 5.73 Å². The molecular weight excluding hydrogens is 300 g/mol. The quantitative estimate of drug-likeness (QED) is 0.701. The van der Waals surface area contributed by atoms with Crippen molar-refractivity contribution in [2.24, 2.45) is 0 Å². The maximum atomic E-state index is 6.09. The van der Waals surface area contributed by atoms with E-state index < -0.39 is 0 Å². The standard InChI is InChI=1S/C16H15BrN2/c1-11-8-12-4-2-3-5-16(12)19(11)10-13-6-7-14(17)9-15(13)18/h2-9H,10,18H2,1H3. The lowest BCUT2D eigenvalue weighted by Crippen LogP contribution is -2.04. The first-order valence-electron chi connectivity index (χ1n) is 6.24. The number of hydrogen-bond donors (Lipinski definition) is 1. The fraction of sp³-hybridized carbons (Fsp3) is 0.125. The summed E-state index contributed by atoms with van der Waals surface area (Å²) in [6.45, 7) is 2.94. The number of nitrogens with two attached hydrogens (primary N) is 1. The maximum absolute atomic E-state index is 6.09. The van der Waals surface area contributed by atoms with Crippen LogP contribution >= 0.6 is 15.9 Å². The van der Waals surface area contributed by atoms with E-state index in [1.165, 1.54) is 16.6 Å². The summed E-state index contributed by atoms with van der Waals surface area (Å²) in [4.78, 5) is 0. The Morgan fingerprint density at radius 3 is 2.68 bits per heavy atom. The summed E-state index contributed by atoms with van der Waals surface area (Å²) < 4.78 is 3.32. The van der Waals surface area contributed by atoms with Gasteiger partial charge in [0.15, 0.2) is 0 Å². The van der Waals surface area contributed by atoms with E-state index in [2.05, 4.69) is 63.8 Å². The number of nitrogen functional groups attached to an aromatic ring is 1. The molecule has 2 aromatic carbocycles. The number of aromatic nitrogens is 1. The molecule has 3 heteroatoms. The van der Waals surface area contributed by atoms with Gasteiger partial charge >= 0.3 is 0 Å². The van der Waals surface area contributed by atoms with Crippen LogP contribution in [0.1, 0.15) is 11.3 Å². The van der Waals surface area contributed by atoms with Crippen molar-refractivity contribution in [2.45, 2.75) is 13.5 Å². The monoisotopic (exact) mass is 314 g/mol. The van der Waals surface area contributed by atoms with Gasteiger partial charge in [-0.15, -0.1) is 0 Å². The molecular formula is C16H15BrN2. The highest BCUT2D eigenvalue weighted by atomic mass is 79.9. The molecule has 96 valence electrons. The molecule has 0 aliphatic heterocycles. The Balaban J connectivity index is 2.08. The van der Waals surface area contributed by atoms with Crippen LogP contribution in [0.5, 0.6) is 0 Å². The summed E-state index contributed by atoms with van der Waals surface area (Å²) in [7, 11) is 0. The van der Waals surface area contributed by atoms with Crippen LogP contribution in [0.25, 0.3) is 10.9 Å². The molecule has 0 amide bonds. The second kappa shape index (κ2) is 4.74. The number of para-hydroxylation sites is 1. The highest BCUT2D eigenvalue weighted by Crippen LogP contribution is 2.24. The first-order chi connectivity index (χ1) is 9.15. The van der Waals surface area contributed by atoms with Gasteiger partial charge in [-0.3, -0.25) is 0 Å². The van der Waals surface area contributed by atoms with Gasteiger partial charge < -0.3 is 10.3 Å². The molecule has 2 N–H and O–H groups in total. The van der Waals surface area contributed by atoms with Crippen molar-refractivity contribution in [3.8, 4) is 0 Å². The first-order valence-corrected chi connectivity index (χ1v) is 7.03. The van der Waals surface area contributed by atoms with Gasteiger partial charge in [0.25, 0.3) is 0 Å². The Morgan fingerprint density at radius 1 is 1.11 bits per heavy atom. The molecule has 0 unspecified atom stereocenters. The lowest BCUT2D eigenvalue weighted by Gasteiger charge is -2.11. The number of rotatable bonds is 2. The average molecular weight is 315 g/mol. The predicted molar refractivity (Wildman–Crippen MR) is 84.3 cm³/mol. The van der Waals surface area contributed by atoms with Gasteiger partial charge in [0, 0.05) is 27.9 Å². The summed E-state index contributed by atoms with van der Waals surface area (Å²) >= 11 is 3.44. The maximum Gasteiger partial charge on any atom is 0.0499 e. The lowest BCUT2D eigenvalue weighted by atomic mass is 10.2. The Labute approximate surface area is 121 Å². The van der Waals surface area contributed by atoms with Crippen LogP contribution in [0.15, 0.2) is 53.0 Å². The van der Waals surface area contributed by atoms with Crippen molar-refractivity contribution in [3.05, 3.63) is 64.3 Å². The first kappa shape index (κ1) is 12.3. The van der Waals surface area contributed by atoms with Crippen molar-refractivity contribution in [1.82, 2.24) is 4.57 Å². The van der Waals surface area contributed by atoms with E-state index in [0.29, 0.717) is 0 Å². The number of benzene rings is 2. The second-order valence-electron chi connectivity index (χ2n) is 4.77. The summed E-state index contributed by atoms with van der Waals surface area (Å²) in [6.07, 6.45) is 0. The summed E-state index contributed by atoms with van der Waals surface area (Å²) in [6, 6.07) is 16.7. The number of halogens is 1. The molecule has 0 bridgehead atoms. The fourth-order valence-corrected chi connectivity index (χ4v) is 2.82. The Kier molecular flexibility index (Phi) is 3.07. The molecule has 3 rings (SSSR count). The highest BCUT2D eigenvalue weighted by molar-refractivity contribution is 9.10. The van der Waals surface area contributed by atoms with Gasteiger partial charge in [-0.25, -0.2) is 0 Å². The zero-order valence-electron chi connectivity index (χ0n) is 10.7. The Bertz CT molecular complexity index is 744. The molecule has 3 aromatic rings. The number of nitrogens with zero attached hydrogens (tertiary/aromatic N) is 1. The van der Waals surface area contributed by atoms with Crippen LogP contribution in [0.3, 0.4) is 0 Å². The van der Waals surface area contributed by atoms with Gasteiger partial charge in [-0.2, -0.15) is 0 Å². The van der Waals surface area contributed by atoms with E-state index >= 15 is 0 Å². The Morgan fingerprint density at radius 2 is 1.89 bits per heavy atom. The average Bonchev–Trinajstić information content (AvgIpc) is 2.69. The minimum atomic E-state index is 0.804. The molecule has 1 aromatic heterocycles. The number of anilines is 1. The smallest absolute Gasteiger partial charge is 0.0499 e. The molecule has 2 nitrogen and oxygen atoms in total. The molecule has 1 heterocycles. The zero-order valence-corrected chi connectivity index (χ0v) is 12.3.